The van der Waals surface area contributed by atoms with Crippen LogP contribution in [0.3, 0.4) is 0 Å². The van der Waals surface area contributed by atoms with Crippen LogP contribution in [0.5, 0.6) is 0 Å². The van der Waals surface area contributed by atoms with E-state index >= 15 is 0 Å². The van der Waals surface area contributed by atoms with Gasteiger partial charge in [0.05, 0.1) is 6.61 Å². The van der Waals surface area contributed by atoms with E-state index in [0.29, 0.717) is 23.8 Å². The van der Waals surface area contributed by atoms with E-state index < -0.39 is 0 Å². The summed E-state index contributed by atoms with van der Waals surface area (Å²) in [5.74, 6) is 0.802. The Bertz CT molecular complexity index is 657. The highest BCUT2D eigenvalue weighted by atomic mass is 16.5. The van der Waals surface area contributed by atoms with Crippen LogP contribution in [0.4, 0.5) is 5.82 Å². The summed E-state index contributed by atoms with van der Waals surface area (Å²) in [5.41, 5.74) is 1.32. The SMILES string of the molecule is CCCCCCOC(=O)c1cnc(-c2ccccc2)nc1N(C)C. The van der Waals surface area contributed by atoms with E-state index in [9.17, 15) is 4.79 Å². The molecule has 5 heteroatoms. The Morgan fingerprint density at radius 3 is 2.54 bits per heavy atom. The van der Waals surface area contributed by atoms with Crippen LogP contribution < -0.4 is 4.90 Å². The molecule has 0 spiro atoms. The summed E-state index contributed by atoms with van der Waals surface area (Å²) in [6.45, 7) is 2.59. The number of unbranched alkanes of at least 4 members (excludes halogenated alkanes) is 3. The Morgan fingerprint density at radius 2 is 1.88 bits per heavy atom. The van der Waals surface area contributed by atoms with Crippen LogP contribution in [0.2, 0.25) is 0 Å². The van der Waals surface area contributed by atoms with Crippen molar-refractivity contribution < 1.29 is 9.53 Å². The minimum atomic E-state index is -0.366. The van der Waals surface area contributed by atoms with Gasteiger partial charge in [-0.15, -0.1) is 0 Å². The average molecular weight is 327 g/mol. The molecule has 128 valence electrons. The zero-order valence-corrected chi connectivity index (χ0v) is 14.7. The molecule has 1 aromatic carbocycles. The molecule has 0 aliphatic heterocycles. The maximum absolute atomic E-state index is 12.3. The van der Waals surface area contributed by atoms with Crippen LogP contribution in [0.15, 0.2) is 36.5 Å². The van der Waals surface area contributed by atoms with Crippen molar-refractivity contribution in [1.82, 2.24) is 9.97 Å². The summed E-state index contributed by atoms with van der Waals surface area (Å²) < 4.78 is 5.37. The first-order valence-corrected chi connectivity index (χ1v) is 8.40. The molecule has 0 aliphatic rings. The molecule has 0 bridgehead atoms. The Morgan fingerprint density at radius 1 is 1.12 bits per heavy atom. The van der Waals surface area contributed by atoms with E-state index in [-0.39, 0.29) is 5.97 Å². The number of carbonyl (C=O) groups excluding carboxylic acids is 1. The lowest BCUT2D eigenvalue weighted by Crippen LogP contribution is -2.18. The van der Waals surface area contributed by atoms with Crippen molar-refractivity contribution in [3.05, 3.63) is 42.1 Å². The normalized spacial score (nSPS) is 10.5. The fourth-order valence-corrected chi connectivity index (χ4v) is 2.36. The van der Waals surface area contributed by atoms with E-state index in [4.69, 9.17) is 4.74 Å². The molecule has 0 N–H and O–H groups in total. The second kappa shape index (κ2) is 9.01. The maximum Gasteiger partial charge on any atom is 0.343 e. The predicted octanol–water partition coefficient (Wildman–Crippen LogP) is 3.95. The highest BCUT2D eigenvalue weighted by molar-refractivity contribution is 5.94. The van der Waals surface area contributed by atoms with Crippen LogP contribution in [-0.2, 0) is 4.74 Å². The smallest absolute Gasteiger partial charge is 0.343 e. The molecule has 1 aromatic heterocycles. The fraction of sp³-hybridized carbons (Fsp3) is 0.421. The van der Waals surface area contributed by atoms with Crippen molar-refractivity contribution >= 4 is 11.8 Å². The van der Waals surface area contributed by atoms with Gasteiger partial charge in [0.15, 0.2) is 5.82 Å². The van der Waals surface area contributed by atoms with Gasteiger partial charge in [-0.05, 0) is 6.42 Å². The Balaban J connectivity index is 2.13. The van der Waals surface area contributed by atoms with E-state index in [1.165, 1.54) is 0 Å². The van der Waals surface area contributed by atoms with Crippen LogP contribution in [0.1, 0.15) is 43.0 Å². The number of esters is 1. The first kappa shape index (κ1) is 17.9. The third-order valence-corrected chi connectivity index (χ3v) is 3.68. The predicted molar refractivity (Wildman–Crippen MR) is 96.2 cm³/mol. The van der Waals surface area contributed by atoms with Gasteiger partial charge in [0.1, 0.15) is 11.4 Å². The molecular formula is C19H25N3O2. The average Bonchev–Trinajstić information content (AvgIpc) is 2.61. The summed E-state index contributed by atoms with van der Waals surface area (Å²) in [4.78, 5) is 23.0. The number of anilines is 1. The van der Waals surface area contributed by atoms with Crippen molar-refractivity contribution in [1.29, 1.82) is 0 Å². The van der Waals surface area contributed by atoms with Gasteiger partial charge >= 0.3 is 5.97 Å². The van der Waals surface area contributed by atoms with Gasteiger partial charge in [-0.2, -0.15) is 0 Å². The van der Waals surface area contributed by atoms with Crippen molar-refractivity contribution in [2.24, 2.45) is 0 Å². The van der Waals surface area contributed by atoms with E-state index in [1.54, 1.807) is 6.20 Å². The van der Waals surface area contributed by atoms with Gasteiger partial charge in [-0.1, -0.05) is 56.5 Å². The van der Waals surface area contributed by atoms with Crippen LogP contribution in [0, 0.1) is 0 Å². The third-order valence-electron chi connectivity index (χ3n) is 3.68. The molecule has 5 nitrogen and oxygen atoms in total. The number of carbonyl (C=O) groups is 1. The quantitative estimate of drug-likeness (QED) is 0.543. The Kier molecular flexibility index (Phi) is 6.73. The Labute approximate surface area is 143 Å². The zero-order valence-electron chi connectivity index (χ0n) is 14.7. The topological polar surface area (TPSA) is 55.3 Å². The minimum absolute atomic E-state index is 0.366. The zero-order chi connectivity index (χ0) is 17.4. The van der Waals surface area contributed by atoms with Gasteiger partial charge in [-0.3, -0.25) is 0 Å². The molecule has 24 heavy (non-hydrogen) atoms. The molecule has 2 rings (SSSR count). The van der Waals surface area contributed by atoms with Gasteiger partial charge in [-0.25, -0.2) is 14.8 Å². The molecule has 0 aliphatic carbocycles. The van der Waals surface area contributed by atoms with Crippen molar-refractivity contribution in [3.63, 3.8) is 0 Å². The van der Waals surface area contributed by atoms with Crippen LogP contribution >= 0.6 is 0 Å². The van der Waals surface area contributed by atoms with E-state index in [0.717, 1.165) is 31.2 Å². The first-order valence-electron chi connectivity index (χ1n) is 8.40. The van der Waals surface area contributed by atoms with Gasteiger partial charge < -0.3 is 9.64 Å². The van der Waals surface area contributed by atoms with Gasteiger partial charge in [0.25, 0.3) is 0 Å². The lowest BCUT2D eigenvalue weighted by atomic mass is 10.2. The number of hydrogen-bond acceptors (Lipinski definition) is 5. The highest BCUT2D eigenvalue weighted by Gasteiger charge is 2.18. The molecular weight excluding hydrogens is 302 g/mol. The maximum atomic E-state index is 12.3. The molecule has 0 fully saturated rings. The summed E-state index contributed by atoms with van der Waals surface area (Å²) >= 11 is 0. The number of ether oxygens (including phenoxy) is 1. The third kappa shape index (κ3) is 4.78. The first-order chi connectivity index (χ1) is 11.6. The molecule has 0 radical (unpaired) electrons. The van der Waals surface area contributed by atoms with Gasteiger partial charge in [0, 0.05) is 25.9 Å². The molecule has 0 saturated heterocycles. The molecule has 1 heterocycles. The summed E-state index contributed by atoms with van der Waals surface area (Å²) in [7, 11) is 3.71. The largest absolute Gasteiger partial charge is 0.462 e. The molecule has 2 aromatic rings. The number of hydrogen-bond donors (Lipinski definition) is 0. The second-order valence-corrected chi connectivity index (χ2v) is 5.89. The number of rotatable bonds is 8. The van der Waals surface area contributed by atoms with Crippen molar-refractivity contribution in [3.8, 4) is 11.4 Å². The van der Waals surface area contributed by atoms with Crippen LogP contribution in [0.25, 0.3) is 11.4 Å². The minimum Gasteiger partial charge on any atom is -0.462 e. The fourth-order valence-electron chi connectivity index (χ4n) is 2.36. The van der Waals surface area contributed by atoms with E-state index in [1.807, 2.05) is 49.3 Å². The summed E-state index contributed by atoms with van der Waals surface area (Å²) in [5, 5.41) is 0. The molecule has 0 amide bonds. The standard InChI is InChI=1S/C19H25N3O2/c1-4-5-6-10-13-24-19(23)16-14-20-17(21-18(16)22(2)3)15-11-8-7-9-12-15/h7-9,11-12,14H,4-6,10,13H2,1-3H3. The van der Waals surface area contributed by atoms with Crippen molar-refractivity contribution in [2.45, 2.75) is 32.6 Å². The van der Waals surface area contributed by atoms with E-state index in [2.05, 4.69) is 16.9 Å². The molecule has 0 unspecified atom stereocenters. The van der Waals surface area contributed by atoms with Crippen LogP contribution in [-0.4, -0.2) is 36.6 Å². The highest BCUT2D eigenvalue weighted by Crippen LogP contribution is 2.21. The molecule has 0 atom stereocenters. The lowest BCUT2D eigenvalue weighted by Gasteiger charge is -2.16. The van der Waals surface area contributed by atoms with Gasteiger partial charge in [0.2, 0.25) is 0 Å². The monoisotopic (exact) mass is 327 g/mol. The van der Waals surface area contributed by atoms with Crippen molar-refractivity contribution in [2.75, 3.05) is 25.6 Å². The lowest BCUT2D eigenvalue weighted by molar-refractivity contribution is 0.0497. The number of benzene rings is 1. The molecule has 0 saturated carbocycles. The second-order valence-electron chi connectivity index (χ2n) is 5.89. The summed E-state index contributed by atoms with van der Waals surface area (Å²) in [6.07, 6.45) is 5.84. The number of aromatic nitrogens is 2. The Hall–Kier alpha value is -2.43. The number of nitrogens with zero attached hydrogens (tertiary/aromatic N) is 3. The summed E-state index contributed by atoms with van der Waals surface area (Å²) in [6, 6.07) is 9.71.